The van der Waals surface area contributed by atoms with Crippen LogP contribution in [0.2, 0.25) is 18.1 Å². The van der Waals surface area contributed by atoms with Crippen molar-refractivity contribution < 1.29 is 52.8 Å². The summed E-state index contributed by atoms with van der Waals surface area (Å²) in [4.78, 5) is 57.4. The highest BCUT2D eigenvalue weighted by molar-refractivity contribution is 6.73. The third-order valence-corrected chi connectivity index (χ3v) is 19.1. The van der Waals surface area contributed by atoms with Gasteiger partial charge < -0.3 is 33.6 Å². The highest BCUT2D eigenvalue weighted by Gasteiger charge is 2.79. The molecule has 1 saturated heterocycles. The number of Topliss-reactive ketones (excluding diaryl/α,β-unsaturated/α-hetero) is 1. The minimum atomic E-state index is -2.48. The second-order valence-corrected chi connectivity index (χ2v) is 21.6. The van der Waals surface area contributed by atoms with Gasteiger partial charge in [0.1, 0.15) is 17.8 Å². The van der Waals surface area contributed by atoms with Crippen LogP contribution in [0.1, 0.15) is 90.9 Å². The number of rotatable bonds is 8. The van der Waals surface area contributed by atoms with Crippen LogP contribution in [0.25, 0.3) is 0 Å². The Kier molecular flexibility index (Phi) is 9.25. The van der Waals surface area contributed by atoms with Crippen LogP contribution in [0.3, 0.4) is 0 Å². The molecule has 6 aliphatic rings. The fraction of sp³-hybridized carbons (Fsp3) is 0.700. The number of benzene rings is 1. The Labute approximate surface area is 306 Å². The summed E-state index contributed by atoms with van der Waals surface area (Å²) >= 11 is 0. The van der Waals surface area contributed by atoms with Crippen LogP contribution in [-0.4, -0.2) is 90.6 Å². The van der Waals surface area contributed by atoms with E-state index in [1.165, 1.54) is 6.92 Å². The van der Waals surface area contributed by atoms with Crippen LogP contribution in [-0.2, 0) is 37.8 Å². The van der Waals surface area contributed by atoms with Crippen molar-refractivity contribution in [3.63, 3.8) is 0 Å². The predicted molar refractivity (Wildman–Crippen MR) is 190 cm³/mol. The number of ketones is 1. The number of carbonyl (C=O) groups is 4. The van der Waals surface area contributed by atoms with Crippen LogP contribution in [0.4, 0.5) is 0 Å². The molecule has 2 bridgehead atoms. The van der Waals surface area contributed by atoms with E-state index >= 15 is 4.79 Å². The fourth-order valence-electron chi connectivity index (χ4n) is 11.2. The number of hydrogen-bond donors (Lipinski definition) is 2. The quantitative estimate of drug-likeness (QED) is 0.159. The van der Waals surface area contributed by atoms with E-state index in [-0.39, 0.29) is 30.9 Å². The molecule has 284 valence electrons. The first kappa shape index (κ1) is 37.4. The fourth-order valence-corrected chi connectivity index (χ4v) is 14.2. The van der Waals surface area contributed by atoms with E-state index in [1.54, 1.807) is 51.1 Å². The molecule has 0 aromatic heterocycles. The Morgan fingerprint density at radius 1 is 1.00 bits per heavy atom. The van der Waals surface area contributed by atoms with E-state index in [0.29, 0.717) is 24.0 Å². The van der Waals surface area contributed by atoms with Gasteiger partial charge in [-0.05, 0) is 67.1 Å². The lowest BCUT2D eigenvalue weighted by Gasteiger charge is -2.68. The normalized spacial score (nSPS) is 40.5. The van der Waals surface area contributed by atoms with Gasteiger partial charge in [0, 0.05) is 25.2 Å². The molecule has 2 aliphatic heterocycles. The van der Waals surface area contributed by atoms with Crippen LogP contribution in [0.15, 0.2) is 41.5 Å². The minimum Gasteiger partial charge on any atom is -0.455 e. The predicted octanol–water partition coefficient (Wildman–Crippen LogP) is 5.07. The standard InChI is InChI=1S/C40H54O11Si/c1-8-52(9-2,10-3)51-27-19-28-39(21-47-28,50-22(4)41)32-34(49-35(44)23-15-12-11-13-16-23)40(46)20-26(42)29-24-17-14-18-25(24)36(45)48-31(30(29)37(40,5)6)33(43)38(27,32)7/h11-13,15-16,24-28,31-32,34,42,46H,8-10,14,17-21H2,1-7H3/t24?,25?,26-,27-,28+,31+,32-,34-,38+,39-,40+/m0/s1. The smallest absolute Gasteiger partial charge is 0.338 e. The van der Waals surface area contributed by atoms with Crippen molar-refractivity contribution in [1.82, 2.24) is 0 Å². The van der Waals surface area contributed by atoms with E-state index < -0.39 is 96.4 Å². The summed E-state index contributed by atoms with van der Waals surface area (Å²) in [5.41, 5.74) is -5.40. The average Bonchev–Trinajstić information content (AvgIpc) is 3.55. The molecule has 2 unspecified atom stereocenters. The minimum absolute atomic E-state index is 0.115. The molecule has 2 heterocycles. The van der Waals surface area contributed by atoms with Crippen molar-refractivity contribution in [2.75, 3.05) is 6.61 Å². The molecule has 11 atom stereocenters. The molecule has 1 aromatic rings. The van der Waals surface area contributed by atoms with E-state index in [4.69, 9.17) is 23.4 Å². The highest BCUT2D eigenvalue weighted by Crippen LogP contribution is 2.66. The van der Waals surface area contributed by atoms with Gasteiger partial charge in [0.2, 0.25) is 0 Å². The summed E-state index contributed by atoms with van der Waals surface area (Å²) in [7, 11) is -2.48. The van der Waals surface area contributed by atoms with Crippen LogP contribution in [0.5, 0.6) is 0 Å². The Morgan fingerprint density at radius 3 is 2.25 bits per heavy atom. The maximum atomic E-state index is 16.0. The zero-order chi connectivity index (χ0) is 37.6. The summed E-state index contributed by atoms with van der Waals surface area (Å²) in [6.07, 6.45) is -3.90. The number of fused-ring (bicyclic) bond motifs is 6. The molecule has 4 fully saturated rings. The highest BCUT2D eigenvalue weighted by atomic mass is 28.4. The van der Waals surface area contributed by atoms with Crippen molar-refractivity contribution in [2.24, 2.45) is 28.6 Å². The summed E-state index contributed by atoms with van der Waals surface area (Å²) in [5.74, 6) is -4.45. The molecule has 1 aromatic carbocycles. The molecule has 0 radical (unpaired) electrons. The van der Waals surface area contributed by atoms with Gasteiger partial charge in [-0.1, -0.05) is 59.2 Å². The van der Waals surface area contributed by atoms with E-state index in [1.807, 2.05) is 0 Å². The number of esters is 3. The summed E-state index contributed by atoms with van der Waals surface area (Å²) in [6.45, 7) is 12.7. The Bertz CT molecular complexity index is 1660. The van der Waals surface area contributed by atoms with E-state index in [9.17, 15) is 24.6 Å². The van der Waals surface area contributed by atoms with Gasteiger partial charge in [-0.25, -0.2) is 4.79 Å². The molecule has 0 spiro atoms. The van der Waals surface area contributed by atoms with Crippen LogP contribution < -0.4 is 0 Å². The molecule has 12 heteroatoms. The van der Waals surface area contributed by atoms with Crippen molar-refractivity contribution >= 4 is 32.0 Å². The number of ether oxygens (including phenoxy) is 4. The number of aliphatic hydroxyl groups is 2. The number of hydrogen-bond acceptors (Lipinski definition) is 11. The maximum absolute atomic E-state index is 16.0. The first-order valence-corrected chi connectivity index (χ1v) is 21.7. The summed E-state index contributed by atoms with van der Waals surface area (Å²) in [5, 5.41) is 25.7. The zero-order valence-corrected chi connectivity index (χ0v) is 32.4. The van der Waals surface area contributed by atoms with Crippen molar-refractivity contribution in [1.29, 1.82) is 0 Å². The van der Waals surface area contributed by atoms with Gasteiger partial charge in [-0.3, -0.25) is 14.4 Å². The van der Waals surface area contributed by atoms with Gasteiger partial charge in [0.25, 0.3) is 0 Å². The molecular formula is C40H54O11Si. The zero-order valence-electron chi connectivity index (χ0n) is 31.4. The molecule has 7 rings (SSSR count). The molecule has 0 amide bonds. The lowest BCUT2D eigenvalue weighted by Crippen LogP contribution is -2.82. The number of aliphatic hydroxyl groups excluding tert-OH is 1. The monoisotopic (exact) mass is 738 g/mol. The molecule has 3 saturated carbocycles. The molecule has 52 heavy (non-hydrogen) atoms. The SMILES string of the molecule is CC[Si](CC)(CC)O[C@H]1C[C@H]2OC[C@@]2(OC(C)=O)[C@H]2[C@H](OC(=O)c3ccccc3)[C@]3(O)C[C@H](O)C4=C([C@@H](OC(=O)C5CCCC45)C(=O)[C@]12C)C3(C)C. The topological polar surface area (TPSA) is 155 Å². The van der Waals surface area contributed by atoms with Gasteiger partial charge in [0.15, 0.2) is 25.8 Å². The Hall–Kier alpha value is -2.90. The summed E-state index contributed by atoms with van der Waals surface area (Å²) < 4.78 is 32.7. The largest absolute Gasteiger partial charge is 0.455 e. The lowest BCUT2D eigenvalue weighted by atomic mass is 9.44. The third kappa shape index (κ3) is 5.10. The van der Waals surface area contributed by atoms with Crippen molar-refractivity contribution in [2.45, 2.75) is 140 Å². The molecule has 2 N–H and O–H groups in total. The van der Waals surface area contributed by atoms with Crippen LogP contribution in [0, 0.1) is 28.6 Å². The Morgan fingerprint density at radius 2 is 1.65 bits per heavy atom. The van der Waals surface area contributed by atoms with Crippen molar-refractivity contribution in [3.05, 3.63) is 47.0 Å². The van der Waals surface area contributed by atoms with Gasteiger partial charge in [0.05, 0.1) is 41.6 Å². The van der Waals surface area contributed by atoms with Crippen LogP contribution >= 0.6 is 0 Å². The maximum Gasteiger partial charge on any atom is 0.338 e. The van der Waals surface area contributed by atoms with Gasteiger partial charge in [-0.15, -0.1) is 0 Å². The lowest BCUT2D eigenvalue weighted by molar-refractivity contribution is -0.344. The number of carbonyl (C=O) groups excluding carboxylic acids is 4. The molecular weight excluding hydrogens is 685 g/mol. The van der Waals surface area contributed by atoms with Gasteiger partial charge in [-0.2, -0.15) is 0 Å². The first-order valence-electron chi connectivity index (χ1n) is 19.2. The Balaban J connectivity index is 1.54. The summed E-state index contributed by atoms with van der Waals surface area (Å²) in [6, 6.07) is 10.7. The van der Waals surface area contributed by atoms with E-state index in [2.05, 4.69) is 20.8 Å². The first-order chi connectivity index (χ1) is 24.5. The average molecular weight is 739 g/mol. The molecule has 11 nitrogen and oxygen atoms in total. The van der Waals surface area contributed by atoms with Crippen molar-refractivity contribution in [3.8, 4) is 0 Å². The third-order valence-electron chi connectivity index (χ3n) is 14.4. The second kappa shape index (κ2) is 12.9. The molecule has 4 aliphatic carbocycles. The second-order valence-electron chi connectivity index (χ2n) is 16.8. The van der Waals surface area contributed by atoms with Gasteiger partial charge >= 0.3 is 17.9 Å². The van der Waals surface area contributed by atoms with E-state index in [0.717, 1.165) is 24.6 Å².